The normalized spacial score (nSPS) is 14.9. The zero-order chi connectivity index (χ0) is 16.2. The third-order valence-corrected chi connectivity index (χ3v) is 3.97. The summed E-state index contributed by atoms with van der Waals surface area (Å²) in [6.45, 7) is 7.60. The van der Waals surface area contributed by atoms with E-state index in [4.69, 9.17) is 0 Å². The minimum atomic E-state index is 0.0151. The van der Waals surface area contributed by atoms with E-state index in [0.29, 0.717) is 19.6 Å². The van der Waals surface area contributed by atoms with Gasteiger partial charge in [-0.15, -0.1) is 0 Å². The van der Waals surface area contributed by atoms with Crippen LogP contribution in [0.2, 0.25) is 0 Å². The van der Waals surface area contributed by atoms with E-state index in [-0.39, 0.29) is 6.03 Å². The van der Waals surface area contributed by atoms with Crippen molar-refractivity contribution in [2.45, 2.75) is 13.8 Å². The molecule has 2 aromatic heterocycles. The van der Waals surface area contributed by atoms with Gasteiger partial charge in [-0.05, 0) is 25.5 Å². The largest absolute Gasteiger partial charge is 0.365 e. The number of hydrogen-bond acceptors (Lipinski definition) is 4. The fraction of sp³-hybridized carbons (Fsp3) is 0.438. The molecule has 0 bridgehead atoms. The molecule has 0 unspecified atom stereocenters. The highest BCUT2D eigenvalue weighted by atomic mass is 16.2. The van der Waals surface area contributed by atoms with Crippen molar-refractivity contribution in [3.05, 3.63) is 36.4 Å². The summed E-state index contributed by atoms with van der Waals surface area (Å²) in [6.07, 6.45) is 7.50. The van der Waals surface area contributed by atoms with Gasteiger partial charge in [0.15, 0.2) is 0 Å². The first kappa shape index (κ1) is 15.3. The molecule has 1 N–H and O–H groups in total. The highest BCUT2D eigenvalue weighted by Crippen LogP contribution is 2.24. The highest BCUT2D eigenvalue weighted by Gasteiger charge is 2.22. The van der Waals surface area contributed by atoms with Gasteiger partial charge in [-0.3, -0.25) is 4.98 Å². The number of aryl methyl sites for hydroxylation is 1. The highest BCUT2D eigenvalue weighted by molar-refractivity contribution is 5.74. The van der Waals surface area contributed by atoms with Crippen LogP contribution in [0.5, 0.6) is 0 Å². The summed E-state index contributed by atoms with van der Waals surface area (Å²) in [5.41, 5.74) is 3.18. The number of anilines is 1. The molecule has 0 saturated carbocycles. The van der Waals surface area contributed by atoms with Crippen LogP contribution in [-0.4, -0.2) is 58.4 Å². The van der Waals surface area contributed by atoms with Crippen LogP contribution in [0.1, 0.15) is 12.5 Å². The van der Waals surface area contributed by atoms with E-state index in [9.17, 15) is 4.79 Å². The first-order valence-corrected chi connectivity index (χ1v) is 7.92. The minimum Gasteiger partial charge on any atom is -0.365 e. The number of nitrogens with zero attached hydrogens (tertiary/aromatic N) is 5. The molecule has 23 heavy (non-hydrogen) atoms. The molecule has 0 aliphatic carbocycles. The molecular formula is C16H22N6O. The second-order valence-corrected chi connectivity index (χ2v) is 5.64. The predicted octanol–water partition coefficient (Wildman–Crippen LogP) is 1.43. The van der Waals surface area contributed by atoms with Crippen LogP contribution in [0, 0.1) is 6.92 Å². The minimum absolute atomic E-state index is 0.0151. The lowest BCUT2D eigenvalue weighted by molar-refractivity contribution is 0.195. The first-order valence-electron chi connectivity index (χ1n) is 7.92. The Bertz CT molecular complexity index is 675. The van der Waals surface area contributed by atoms with Gasteiger partial charge in [0.2, 0.25) is 0 Å². The van der Waals surface area contributed by atoms with Crippen LogP contribution in [0.3, 0.4) is 0 Å². The Hall–Kier alpha value is -2.57. The lowest BCUT2D eigenvalue weighted by Gasteiger charge is -2.36. The van der Waals surface area contributed by atoms with Gasteiger partial charge in [-0.1, -0.05) is 0 Å². The smallest absolute Gasteiger partial charge is 0.317 e. The van der Waals surface area contributed by atoms with E-state index in [1.807, 2.05) is 48.1 Å². The number of piperazine rings is 1. The van der Waals surface area contributed by atoms with Crippen molar-refractivity contribution in [3.8, 4) is 5.69 Å². The molecule has 0 spiro atoms. The number of aromatic nitrogens is 3. The number of nitrogens with one attached hydrogen (secondary N) is 1. The van der Waals surface area contributed by atoms with Gasteiger partial charge in [-0.2, -0.15) is 5.10 Å². The molecular weight excluding hydrogens is 292 g/mol. The number of amides is 2. The Kier molecular flexibility index (Phi) is 4.45. The van der Waals surface area contributed by atoms with Crippen LogP contribution in [0.4, 0.5) is 10.5 Å². The third-order valence-electron chi connectivity index (χ3n) is 3.97. The number of pyridine rings is 1. The van der Waals surface area contributed by atoms with E-state index >= 15 is 0 Å². The number of carbonyl (C=O) groups excluding carboxylic acids is 1. The van der Waals surface area contributed by atoms with Gasteiger partial charge in [0, 0.05) is 45.1 Å². The van der Waals surface area contributed by atoms with Crippen LogP contribution in [0.25, 0.3) is 5.69 Å². The first-order chi connectivity index (χ1) is 11.2. The topological polar surface area (TPSA) is 66.3 Å². The van der Waals surface area contributed by atoms with Crippen molar-refractivity contribution in [2.24, 2.45) is 0 Å². The van der Waals surface area contributed by atoms with Crippen molar-refractivity contribution < 1.29 is 4.79 Å². The second kappa shape index (κ2) is 6.68. The fourth-order valence-electron chi connectivity index (χ4n) is 2.77. The maximum atomic E-state index is 11.9. The van der Waals surface area contributed by atoms with Crippen molar-refractivity contribution >= 4 is 11.7 Å². The van der Waals surface area contributed by atoms with Crippen molar-refractivity contribution in [1.29, 1.82) is 0 Å². The molecule has 3 heterocycles. The van der Waals surface area contributed by atoms with Crippen molar-refractivity contribution in [2.75, 3.05) is 37.6 Å². The molecule has 122 valence electrons. The van der Waals surface area contributed by atoms with Crippen LogP contribution in [-0.2, 0) is 0 Å². The van der Waals surface area contributed by atoms with E-state index in [0.717, 1.165) is 30.0 Å². The molecule has 1 aliphatic rings. The summed E-state index contributed by atoms with van der Waals surface area (Å²) in [5, 5.41) is 7.25. The van der Waals surface area contributed by atoms with Crippen molar-refractivity contribution in [3.63, 3.8) is 0 Å². The van der Waals surface area contributed by atoms with Crippen LogP contribution >= 0.6 is 0 Å². The van der Waals surface area contributed by atoms with E-state index in [2.05, 4.69) is 20.3 Å². The number of rotatable bonds is 3. The van der Waals surface area contributed by atoms with Crippen LogP contribution < -0.4 is 10.2 Å². The summed E-state index contributed by atoms with van der Waals surface area (Å²) < 4.78 is 1.88. The lowest BCUT2D eigenvalue weighted by Crippen LogP contribution is -2.52. The number of urea groups is 1. The maximum Gasteiger partial charge on any atom is 0.317 e. The second-order valence-electron chi connectivity index (χ2n) is 5.64. The molecule has 2 amide bonds. The molecule has 1 saturated heterocycles. The molecule has 3 rings (SSSR count). The monoisotopic (exact) mass is 314 g/mol. The van der Waals surface area contributed by atoms with E-state index in [1.54, 1.807) is 6.20 Å². The summed E-state index contributed by atoms with van der Waals surface area (Å²) in [6, 6.07) is 1.99. The molecule has 2 aromatic rings. The molecule has 0 atom stereocenters. The lowest BCUT2D eigenvalue weighted by atomic mass is 10.2. The zero-order valence-electron chi connectivity index (χ0n) is 13.6. The maximum absolute atomic E-state index is 11.9. The molecule has 0 aromatic carbocycles. The SMILES string of the molecule is CCNC(=O)N1CCN(c2cnccc2-n2cc(C)cn2)CC1. The van der Waals surface area contributed by atoms with Gasteiger partial charge in [-0.25, -0.2) is 9.48 Å². The molecule has 7 nitrogen and oxygen atoms in total. The van der Waals surface area contributed by atoms with Gasteiger partial charge in [0.1, 0.15) is 0 Å². The Morgan fingerprint density at radius 3 is 2.65 bits per heavy atom. The molecule has 1 aliphatic heterocycles. The summed E-state index contributed by atoms with van der Waals surface area (Å²) in [4.78, 5) is 20.3. The zero-order valence-corrected chi connectivity index (χ0v) is 13.6. The Balaban J connectivity index is 1.75. The average molecular weight is 314 g/mol. The summed E-state index contributed by atoms with van der Waals surface area (Å²) >= 11 is 0. The van der Waals surface area contributed by atoms with E-state index < -0.39 is 0 Å². The van der Waals surface area contributed by atoms with E-state index in [1.165, 1.54) is 0 Å². The number of carbonyl (C=O) groups is 1. The predicted molar refractivity (Wildman–Crippen MR) is 89.0 cm³/mol. The fourth-order valence-corrected chi connectivity index (χ4v) is 2.77. The number of hydrogen-bond donors (Lipinski definition) is 1. The van der Waals surface area contributed by atoms with Gasteiger partial charge in [0.25, 0.3) is 0 Å². The molecule has 7 heteroatoms. The van der Waals surface area contributed by atoms with Gasteiger partial charge < -0.3 is 15.1 Å². The quantitative estimate of drug-likeness (QED) is 0.931. The standard InChI is InChI=1S/C16H22N6O/c1-3-18-16(23)21-8-6-20(7-9-21)15-11-17-5-4-14(15)22-12-13(2)10-19-22/h4-5,10-12H,3,6-9H2,1-2H3,(H,18,23). The van der Waals surface area contributed by atoms with Gasteiger partial charge >= 0.3 is 6.03 Å². The van der Waals surface area contributed by atoms with Crippen LogP contribution in [0.15, 0.2) is 30.9 Å². The molecule has 1 fully saturated rings. The Labute approximate surface area is 135 Å². The summed E-state index contributed by atoms with van der Waals surface area (Å²) in [5.74, 6) is 0. The summed E-state index contributed by atoms with van der Waals surface area (Å²) in [7, 11) is 0. The van der Waals surface area contributed by atoms with Gasteiger partial charge in [0.05, 0.1) is 23.8 Å². The Morgan fingerprint density at radius 2 is 2.00 bits per heavy atom. The third kappa shape index (κ3) is 3.28. The average Bonchev–Trinajstić information content (AvgIpc) is 3.02. The molecule has 0 radical (unpaired) electrons. The van der Waals surface area contributed by atoms with Crippen molar-refractivity contribution in [1.82, 2.24) is 25.0 Å². The Morgan fingerprint density at radius 1 is 1.22 bits per heavy atom.